The first-order chi connectivity index (χ1) is 9.15. The van der Waals surface area contributed by atoms with Gasteiger partial charge < -0.3 is 10.4 Å². The molecule has 0 aliphatic rings. The molecule has 0 radical (unpaired) electrons. The summed E-state index contributed by atoms with van der Waals surface area (Å²) in [5.41, 5.74) is 1.37. The van der Waals surface area contributed by atoms with Crippen molar-refractivity contribution in [3.8, 4) is 5.75 Å². The number of phenolic OH excluding ortho intramolecular Hbond substituents is 1. The van der Waals surface area contributed by atoms with E-state index in [-0.39, 0.29) is 17.5 Å². The van der Waals surface area contributed by atoms with E-state index < -0.39 is 0 Å². The average molecular weight is 259 g/mol. The summed E-state index contributed by atoms with van der Waals surface area (Å²) in [6.07, 6.45) is 0.630. The van der Waals surface area contributed by atoms with E-state index in [2.05, 4.69) is 5.32 Å². The van der Waals surface area contributed by atoms with Crippen LogP contribution in [0.1, 0.15) is 15.9 Å². The summed E-state index contributed by atoms with van der Waals surface area (Å²) in [6, 6.07) is 12.3. The van der Waals surface area contributed by atoms with Gasteiger partial charge in [-0.15, -0.1) is 0 Å². The molecule has 19 heavy (non-hydrogen) atoms. The number of nitrogens with one attached hydrogen (secondary N) is 1. The molecule has 2 rings (SSSR count). The molecule has 98 valence electrons. The molecule has 0 fully saturated rings. The SMILES string of the molecule is O=C(NCCc1ccc(F)cc1)c1cccc(O)c1. The lowest BCUT2D eigenvalue weighted by Crippen LogP contribution is -2.25. The predicted octanol–water partition coefficient (Wildman–Crippen LogP) is 2.50. The lowest BCUT2D eigenvalue weighted by molar-refractivity contribution is 0.0953. The van der Waals surface area contributed by atoms with Crippen molar-refractivity contribution in [3.63, 3.8) is 0 Å². The van der Waals surface area contributed by atoms with Gasteiger partial charge in [0.15, 0.2) is 0 Å². The molecular formula is C15H14FNO2. The Morgan fingerprint density at radius 1 is 1.16 bits per heavy atom. The van der Waals surface area contributed by atoms with Gasteiger partial charge in [-0.1, -0.05) is 18.2 Å². The molecule has 1 amide bonds. The maximum absolute atomic E-state index is 12.7. The zero-order valence-corrected chi connectivity index (χ0v) is 10.3. The topological polar surface area (TPSA) is 49.3 Å². The van der Waals surface area contributed by atoms with Gasteiger partial charge in [0, 0.05) is 12.1 Å². The van der Waals surface area contributed by atoms with Gasteiger partial charge in [0.25, 0.3) is 5.91 Å². The monoisotopic (exact) mass is 259 g/mol. The number of carbonyl (C=O) groups is 1. The minimum absolute atomic E-state index is 0.0613. The highest BCUT2D eigenvalue weighted by atomic mass is 19.1. The Balaban J connectivity index is 1.86. The number of phenols is 1. The van der Waals surface area contributed by atoms with E-state index in [0.29, 0.717) is 18.5 Å². The van der Waals surface area contributed by atoms with E-state index in [4.69, 9.17) is 0 Å². The van der Waals surface area contributed by atoms with Gasteiger partial charge in [0.05, 0.1) is 0 Å². The minimum atomic E-state index is -0.271. The molecule has 0 atom stereocenters. The first-order valence-electron chi connectivity index (χ1n) is 5.97. The molecule has 0 heterocycles. The second-order valence-electron chi connectivity index (χ2n) is 4.18. The van der Waals surface area contributed by atoms with Gasteiger partial charge >= 0.3 is 0 Å². The fourth-order valence-corrected chi connectivity index (χ4v) is 1.72. The predicted molar refractivity (Wildman–Crippen MR) is 70.5 cm³/mol. The van der Waals surface area contributed by atoms with Crippen molar-refractivity contribution in [2.75, 3.05) is 6.54 Å². The Morgan fingerprint density at radius 2 is 1.89 bits per heavy atom. The van der Waals surface area contributed by atoms with Crippen molar-refractivity contribution in [1.29, 1.82) is 0 Å². The molecular weight excluding hydrogens is 245 g/mol. The van der Waals surface area contributed by atoms with E-state index in [1.54, 1.807) is 24.3 Å². The summed E-state index contributed by atoms with van der Waals surface area (Å²) in [5.74, 6) is -0.447. The van der Waals surface area contributed by atoms with E-state index in [1.807, 2.05) is 0 Å². The first kappa shape index (κ1) is 13.1. The van der Waals surface area contributed by atoms with Gasteiger partial charge in [-0.3, -0.25) is 4.79 Å². The van der Waals surface area contributed by atoms with Crippen molar-refractivity contribution in [1.82, 2.24) is 5.32 Å². The average Bonchev–Trinajstić information content (AvgIpc) is 2.41. The fraction of sp³-hybridized carbons (Fsp3) is 0.133. The molecule has 3 nitrogen and oxygen atoms in total. The molecule has 2 aromatic carbocycles. The Bertz CT molecular complexity index is 567. The normalized spacial score (nSPS) is 10.2. The molecule has 0 saturated heterocycles. The molecule has 2 aromatic rings. The van der Waals surface area contributed by atoms with E-state index in [1.165, 1.54) is 24.3 Å². The summed E-state index contributed by atoms with van der Waals surface area (Å²) in [7, 11) is 0. The van der Waals surface area contributed by atoms with E-state index in [0.717, 1.165) is 5.56 Å². The van der Waals surface area contributed by atoms with Crippen molar-refractivity contribution < 1.29 is 14.3 Å². The number of hydrogen-bond donors (Lipinski definition) is 2. The Morgan fingerprint density at radius 3 is 2.58 bits per heavy atom. The number of hydrogen-bond acceptors (Lipinski definition) is 2. The molecule has 0 saturated carbocycles. The van der Waals surface area contributed by atoms with Crippen LogP contribution in [0.5, 0.6) is 5.75 Å². The van der Waals surface area contributed by atoms with Crippen molar-refractivity contribution in [2.45, 2.75) is 6.42 Å². The van der Waals surface area contributed by atoms with Crippen LogP contribution in [0.25, 0.3) is 0 Å². The highest BCUT2D eigenvalue weighted by Gasteiger charge is 2.05. The first-order valence-corrected chi connectivity index (χ1v) is 5.97. The lowest BCUT2D eigenvalue weighted by atomic mass is 10.1. The molecule has 0 aliphatic carbocycles. The Kier molecular flexibility index (Phi) is 4.13. The van der Waals surface area contributed by atoms with Crippen LogP contribution < -0.4 is 5.32 Å². The number of carbonyl (C=O) groups excluding carboxylic acids is 1. The minimum Gasteiger partial charge on any atom is -0.508 e. The van der Waals surface area contributed by atoms with Crippen LogP contribution in [0.4, 0.5) is 4.39 Å². The molecule has 0 bridgehead atoms. The Labute approximate surface area is 110 Å². The number of rotatable bonds is 4. The van der Waals surface area contributed by atoms with Crippen molar-refractivity contribution >= 4 is 5.91 Å². The van der Waals surface area contributed by atoms with Crippen molar-refractivity contribution in [3.05, 3.63) is 65.5 Å². The van der Waals surface area contributed by atoms with Crippen LogP contribution in [0.15, 0.2) is 48.5 Å². The van der Waals surface area contributed by atoms with Gasteiger partial charge in [-0.25, -0.2) is 4.39 Å². The van der Waals surface area contributed by atoms with Gasteiger partial charge in [0.2, 0.25) is 0 Å². The summed E-state index contributed by atoms with van der Waals surface area (Å²) < 4.78 is 12.7. The Hall–Kier alpha value is -2.36. The molecule has 0 aliphatic heterocycles. The second-order valence-corrected chi connectivity index (χ2v) is 4.18. The zero-order valence-electron chi connectivity index (χ0n) is 10.3. The second kappa shape index (κ2) is 6.00. The van der Waals surface area contributed by atoms with E-state index >= 15 is 0 Å². The molecule has 2 N–H and O–H groups in total. The highest BCUT2D eigenvalue weighted by Crippen LogP contribution is 2.10. The van der Waals surface area contributed by atoms with Crippen molar-refractivity contribution in [2.24, 2.45) is 0 Å². The zero-order chi connectivity index (χ0) is 13.7. The quantitative estimate of drug-likeness (QED) is 0.886. The van der Waals surface area contributed by atoms with E-state index in [9.17, 15) is 14.3 Å². The molecule has 4 heteroatoms. The third-order valence-electron chi connectivity index (χ3n) is 2.72. The number of aromatic hydroxyl groups is 1. The van der Waals surface area contributed by atoms with Crippen LogP contribution >= 0.6 is 0 Å². The standard InChI is InChI=1S/C15H14FNO2/c16-13-6-4-11(5-7-13)8-9-17-15(19)12-2-1-3-14(18)10-12/h1-7,10,18H,8-9H2,(H,17,19). The largest absolute Gasteiger partial charge is 0.508 e. The number of benzene rings is 2. The number of amides is 1. The maximum Gasteiger partial charge on any atom is 0.251 e. The highest BCUT2D eigenvalue weighted by molar-refractivity contribution is 5.94. The summed E-state index contributed by atoms with van der Waals surface area (Å²) in [4.78, 5) is 11.8. The molecule has 0 spiro atoms. The number of halogens is 1. The van der Waals surface area contributed by atoms with Gasteiger partial charge in [-0.05, 0) is 42.3 Å². The summed E-state index contributed by atoms with van der Waals surface area (Å²) in [5, 5.41) is 12.0. The van der Waals surface area contributed by atoms with Crippen LogP contribution in [0, 0.1) is 5.82 Å². The lowest BCUT2D eigenvalue weighted by Gasteiger charge is -2.05. The molecule has 0 aromatic heterocycles. The van der Waals surface area contributed by atoms with Crippen LogP contribution in [-0.4, -0.2) is 17.6 Å². The fourth-order valence-electron chi connectivity index (χ4n) is 1.72. The van der Waals surface area contributed by atoms with Crippen LogP contribution in [0.3, 0.4) is 0 Å². The maximum atomic E-state index is 12.7. The van der Waals surface area contributed by atoms with Crippen LogP contribution in [-0.2, 0) is 6.42 Å². The summed E-state index contributed by atoms with van der Waals surface area (Å²) >= 11 is 0. The third-order valence-corrected chi connectivity index (χ3v) is 2.72. The molecule has 0 unspecified atom stereocenters. The van der Waals surface area contributed by atoms with Gasteiger partial charge in [0.1, 0.15) is 11.6 Å². The third kappa shape index (κ3) is 3.81. The summed E-state index contributed by atoms with van der Waals surface area (Å²) in [6.45, 7) is 0.458. The van der Waals surface area contributed by atoms with Crippen LogP contribution in [0.2, 0.25) is 0 Å². The van der Waals surface area contributed by atoms with Gasteiger partial charge in [-0.2, -0.15) is 0 Å². The smallest absolute Gasteiger partial charge is 0.251 e.